The summed E-state index contributed by atoms with van der Waals surface area (Å²) < 4.78 is 3.60. The molecule has 2 heterocycles. The average molecular weight is 276 g/mol. The number of hydrogen-bond donors (Lipinski definition) is 0. The second-order valence-electron chi connectivity index (χ2n) is 6.63. The Bertz CT molecular complexity index is 452. The number of fused-ring (bicyclic) bond motifs is 1. The van der Waals surface area contributed by atoms with Crippen LogP contribution in [0.4, 0.5) is 0 Å². The Hall–Kier alpha value is -0.890. The molecule has 0 N–H and O–H groups in total. The first kappa shape index (κ1) is 15.5. The van der Waals surface area contributed by atoms with Crippen molar-refractivity contribution in [3.8, 4) is 0 Å². The smallest absolute Gasteiger partial charge is 0.238 e. The maximum atomic E-state index is 2.50. The topological polar surface area (TPSA) is 3.01 Å². The maximum Gasteiger partial charge on any atom is 0.370 e. The van der Waals surface area contributed by atoms with E-state index in [4.69, 9.17) is 0 Å². The van der Waals surface area contributed by atoms with Crippen LogP contribution < -0.4 is 0 Å². The van der Waals surface area contributed by atoms with Crippen LogP contribution in [0.5, 0.6) is 0 Å². The zero-order valence-corrected chi connectivity index (χ0v) is 14.1. The third-order valence-corrected chi connectivity index (χ3v) is 5.12. The summed E-state index contributed by atoms with van der Waals surface area (Å²) in [4.78, 5) is 0. The first-order valence-electron chi connectivity index (χ1n) is 8.41. The molecule has 2 nitrogen and oxygen atoms in total. The molecule has 20 heavy (non-hydrogen) atoms. The van der Waals surface area contributed by atoms with E-state index < -0.39 is 0 Å². The monoisotopic (exact) mass is 276 g/mol. The fourth-order valence-corrected chi connectivity index (χ4v) is 4.10. The predicted molar refractivity (Wildman–Crippen MR) is 87.1 cm³/mol. The van der Waals surface area contributed by atoms with Gasteiger partial charge in [0.05, 0.1) is 20.1 Å². The molecule has 1 unspecified atom stereocenters. The van der Waals surface area contributed by atoms with Crippen LogP contribution in [0.1, 0.15) is 46.5 Å². The van der Waals surface area contributed by atoms with Gasteiger partial charge in [0.2, 0.25) is 0 Å². The molecular formula is C18H32N2+2. The van der Waals surface area contributed by atoms with E-state index in [1.54, 1.807) is 17.0 Å². The van der Waals surface area contributed by atoms with Gasteiger partial charge >= 0.3 is 5.84 Å². The first-order valence-corrected chi connectivity index (χ1v) is 8.41. The van der Waals surface area contributed by atoms with Crippen molar-refractivity contribution in [1.82, 2.24) is 0 Å². The molecule has 0 amide bonds. The summed E-state index contributed by atoms with van der Waals surface area (Å²) in [5.74, 6) is 2.31. The van der Waals surface area contributed by atoms with E-state index in [-0.39, 0.29) is 0 Å². The highest BCUT2D eigenvalue weighted by molar-refractivity contribution is 5.95. The minimum absolute atomic E-state index is 0.734. The minimum Gasteiger partial charge on any atom is -0.238 e. The average Bonchev–Trinajstić information content (AvgIpc) is 2.42. The summed E-state index contributed by atoms with van der Waals surface area (Å²) in [7, 11) is 4.69. The summed E-state index contributed by atoms with van der Waals surface area (Å²) in [5.41, 5.74) is 3.19. The number of hydrogen-bond acceptors (Lipinski definition) is 0. The van der Waals surface area contributed by atoms with Gasteiger partial charge in [-0.1, -0.05) is 26.8 Å². The fourth-order valence-electron chi connectivity index (χ4n) is 4.10. The van der Waals surface area contributed by atoms with Gasteiger partial charge < -0.3 is 0 Å². The van der Waals surface area contributed by atoms with Crippen molar-refractivity contribution in [2.24, 2.45) is 5.92 Å². The molecule has 112 valence electrons. The van der Waals surface area contributed by atoms with E-state index >= 15 is 0 Å². The number of nitrogens with zero attached hydrogens (tertiary/aromatic N) is 2. The van der Waals surface area contributed by atoms with Gasteiger partial charge in [-0.15, -0.1) is 0 Å². The van der Waals surface area contributed by atoms with Gasteiger partial charge in [0.1, 0.15) is 12.6 Å². The number of quaternary nitrogens is 1. The Balaban J connectivity index is 2.42. The van der Waals surface area contributed by atoms with Crippen molar-refractivity contribution < 1.29 is 9.06 Å². The maximum absolute atomic E-state index is 2.50. The quantitative estimate of drug-likeness (QED) is 0.533. The molecule has 0 aromatic rings. The largest absolute Gasteiger partial charge is 0.370 e. The van der Waals surface area contributed by atoms with Crippen molar-refractivity contribution in [1.29, 1.82) is 0 Å². The summed E-state index contributed by atoms with van der Waals surface area (Å²) in [5, 5.41) is 0. The molecule has 1 atom stereocenters. The molecular weight excluding hydrogens is 244 g/mol. The molecule has 0 saturated carbocycles. The second-order valence-corrected chi connectivity index (χ2v) is 6.63. The molecule has 2 heteroatoms. The normalized spacial score (nSPS) is 26.5. The Kier molecular flexibility index (Phi) is 4.85. The Morgan fingerprint density at radius 3 is 2.50 bits per heavy atom. The molecule has 2 aliphatic rings. The molecule has 0 spiro atoms. The standard InChI is InChI=1S/C18H32N2/c1-6-13-20(5)14-9-10-17-16(15(7-2)8-3)11-12-19(4)18(17)20/h10-11,15H,6-9,12-14H2,1-5H3/q+2. The van der Waals surface area contributed by atoms with E-state index in [9.17, 15) is 0 Å². The number of rotatable bonds is 5. The summed E-state index contributed by atoms with van der Waals surface area (Å²) in [6.45, 7) is 10.6. The van der Waals surface area contributed by atoms with Crippen molar-refractivity contribution >= 4 is 5.84 Å². The van der Waals surface area contributed by atoms with Crippen LogP contribution in [0.2, 0.25) is 0 Å². The van der Waals surface area contributed by atoms with E-state index in [0.717, 1.165) is 16.9 Å². The van der Waals surface area contributed by atoms with Crippen LogP contribution >= 0.6 is 0 Å². The van der Waals surface area contributed by atoms with E-state index in [1.165, 1.54) is 38.8 Å². The third-order valence-electron chi connectivity index (χ3n) is 5.12. The molecule has 0 saturated heterocycles. The molecule has 0 bridgehead atoms. The Morgan fingerprint density at radius 2 is 1.90 bits per heavy atom. The summed E-state index contributed by atoms with van der Waals surface area (Å²) in [6, 6.07) is 0. The van der Waals surface area contributed by atoms with Gasteiger partial charge in [0.25, 0.3) is 0 Å². The third kappa shape index (κ3) is 2.63. The Morgan fingerprint density at radius 1 is 1.20 bits per heavy atom. The van der Waals surface area contributed by atoms with Crippen LogP contribution in [-0.2, 0) is 0 Å². The summed E-state index contributed by atoms with van der Waals surface area (Å²) in [6.07, 6.45) is 9.98. The second kappa shape index (κ2) is 6.26. The van der Waals surface area contributed by atoms with Crippen molar-refractivity contribution in [2.45, 2.75) is 46.5 Å². The molecule has 2 aliphatic heterocycles. The lowest BCUT2D eigenvalue weighted by Crippen LogP contribution is -2.57. The molecule has 0 aliphatic carbocycles. The zero-order chi connectivity index (χ0) is 14.8. The van der Waals surface area contributed by atoms with Crippen LogP contribution in [0.15, 0.2) is 23.3 Å². The first-order chi connectivity index (χ1) is 9.57. The lowest BCUT2D eigenvalue weighted by atomic mass is 9.83. The Labute approximate surface area is 125 Å². The van der Waals surface area contributed by atoms with Gasteiger partial charge in [0.15, 0.2) is 6.54 Å². The molecule has 0 aromatic carbocycles. The molecule has 0 radical (unpaired) electrons. The van der Waals surface area contributed by atoms with Gasteiger partial charge in [-0.05, 0) is 36.8 Å². The highest BCUT2D eigenvalue weighted by Gasteiger charge is 2.44. The van der Waals surface area contributed by atoms with Crippen molar-refractivity contribution in [3.05, 3.63) is 23.3 Å². The highest BCUT2D eigenvalue weighted by atomic mass is 15.4. The zero-order valence-electron chi connectivity index (χ0n) is 14.1. The van der Waals surface area contributed by atoms with E-state index in [2.05, 4.69) is 51.6 Å². The van der Waals surface area contributed by atoms with Gasteiger partial charge in [-0.2, -0.15) is 4.58 Å². The van der Waals surface area contributed by atoms with Crippen LogP contribution in [0.3, 0.4) is 0 Å². The fraction of sp³-hybridized carbons (Fsp3) is 0.722. The number of likely N-dealkylation sites (N-methyl/N-ethyl adjacent to an activating group) is 2. The van der Waals surface area contributed by atoms with Gasteiger partial charge in [0, 0.05) is 6.42 Å². The lowest BCUT2D eigenvalue weighted by Gasteiger charge is -2.37. The van der Waals surface area contributed by atoms with Gasteiger partial charge in [-0.25, -0.2) is 4.48 Å². The molecule has 0 fully saturated rings. The molecule has 0 aromatic heterocycles. The minimum atomic E-state index is 0.734. The van der Waals surface area contributed by atoms with Crippen molar-refractivity contribution in [3.63, 3.8) is 0 Å². The molecule has 2 rings (SSSR count). The predicted octanol–water partition coefficient (Wildman–Crippen LogP) is 3.59. The number of amidine groups is 1. The van der Waals surface area contributed by atoms with E-state index in [0.29, 0.717) is 0 Å². The lowest BCUT2D eigenvalue weighted by molar-refractivity contribution is -0.844. The van der Waals surface area contributed by atoms with Crippen LogP contribution in [0, 0.1) is 5.92 Å². The van der Waals surface area contributed by atoms with Crippen molar-refractivity contribution in [2.75, 3.05) is 33.7 Å². The van der Waals surface area contributed by atoms with Crippen LogP contribution in [-0.4, -0.2) is 48.6 Å². The van der Waals surface area contributed by atoms with E-state index in [1.807, 2.05) is 0 Å². The SMILES string of the molecule is CCC[N+]1(C)CCC=C2C(C(CC)CC)=CC[N+](C)=C21. The highest BCUT2D eigenvalue weighted by Crippen LogP contribution is 2.34. The van der Waals surface area contributed by atoms with Gasteiger partial charge in [-0.3, -0.25) is 0 Å². The van der Waals surface area contributed by atoms with Crippen LogP contribution in [0.25, 0.3) is 0 Å². The summed E-state index contributed by atoms with van der Waals surface area (Å²) >= 11 is 0.